The molecule has 168 valence electrons. The predicted octanol–water partition coefficient (Wildman–Crippen LogP) is 4.22. The lowest BCUT2D eigenvalue weighted by atomic mass is 9.97. The topological polar surface area (TPSA) is 103 Å². The smallest absolute Gasteiger partial charge is 0.321 e. The minimum absolute atomic E-state index is 0.148. The number of benzene rings is 2. The van der Waals surface area contributed by atoms with Gasteiger partial charge < -0.3 is 20.9 Å². The molecule has 0 saturated carbocycles. The van der Waals surface area contributed by atoms with E-state index in [0.29, 0.717) is 36.4 Å². The van der Waals surface area contributed by atoms with Crippen molar-refractivity contribution in [3.05, 3.63) is 84.7 Å². The Bertz CT molecular complexity index is 1120. The maximum Gasteiger partial charge on any atom is 0.321 e. The minimum Gasteiger partial charge on any atom is -0.326 e. The second-order valence-corrected chi connectivity index (χ2v) is 7.84. The molecule has 2 heterocycles. The number of para-hydroxylation sites is 1. The molecule has 33 heavy (non-hydrogen) atoms. The van der Waals surface area contributed by atoms with Crippen LogP contribution in [0.4, 0.5) is 21.9 Å². The lowest BCUT2D eigenvalue weighted by Crippen LogP contribution is -2.45. The van der Waals surface area contributed by atoms with E-state index in [-0.39, 0.29) is 23.8 Å². The fourth-order valence-electron chi connectivity index (χ4n) is 3.73. The van der Waals surface area contributed by atoms with Crippen molar-refractivity contribution in [1.29, 1.82) is 0 Å². The van der Waals surface area contributed by atoms with E-state index in [4.69, 9.17) is 0 Å². The van der Waals surface area contributed by atoms with Crippen LogP contribution >= 0.6 is 0 Å². The number of carbonyl (C=O) groups excluding carboxylic acids is 3. The number of urea groups is 1. The average molecular weight is 444 g/mol. The molecule has 2 aromatic carbocycles. The Kier molecular flexibility index (Phi) is 6.94. The molecule has 8 nitrogen and oxygen atoms in total. The fraction of sp³-hybridized carbons (Fsp3) is 0.200. The molecule has 1 fully saturated rings. The van der Waals surface area contributed by atoms with Gasteiger partial charge in [0.05, 0.1) is 5.92 Å². The number of anilines is 3. The number of aromatic nitrogens is 1. The Hall–Kier alpha value is -4.20. The molecular weight excluding hydrogens is 418 g/mol. The summed E-state index contributed by atoms with van der Waals surface area (Å²) < 4.78 is 0. The zero-order chi connectivity index (χ0) is 23.0. The third-order valence-electron chi connectivity index (χ3n) is 5.43. The van der Waals surface area contributed by atoms with Crippen LogP contribution in [0.5, 0.6) is 0 Å². The average Bonchev–Trinajstić information content (AvgIpc) is 2.85. The van der Waals surface area contributed by atoms with E-state index >= 15 is 0 Å². The van der Waals surface area contributed by atoms with E-state index < -0.39 is 0 Å². The van der Waals surface area contributed by atoms with Gasteiger partial charge in [-0.25, -0.2) is 4.79 Å². The number of piperidine rings is 1. The summed E-state index contributed by atoms with van der Waals surface area (Å²) in [5.74, 6) is -0.714. The molecule has 1 saturated heterocycles. The van der Waals surface area contributed by atoms with Crippen molar-refractivity contribution in [3.8, 4) is 0 Å². The van der Waals surface area contributed by atoms with Gasteiger partial charge in [-0.05, 0) is 55.3 Å². The monoisotopic (exact) mass is 443 g/mol. The minimum atomic E-state index is -0.310. The molecule has 0 aliphatic carbocycles. The van der Waals surface area contributed by atoms with Gasteiger partial charge in [0.25, 0.3) is 5.91 Å². The first kappa shape index (κ1) is 22.0. The van der Waals surface area contributed by atoms with Crippen molar-refractivity contribution in [2.75, 3.05) is 29.0 Å². The quantitative estimate of drug-likeness (QED) is 0.549. The van der Waals surface area contributed by atoms with Crippen LogP contribution in [-0.2, 0) is 4.79 Å². The molecule has 0 bridgehead atoms. The molecule has 1 aliphatic heterocycles. The van der Waals surface area contributed by atoms with Gasteiger partial charge in [0, 0.05) is 48.1 Å². The molecule has 0 spiro atoms. The maximum absolute atomic E-state index is 12.9. The Morgan fingerprint density at radius 2 is 1.52 bits per heavy atom. The molecule has 4 rings (SSSR count). The third kappa shape index (κ3) is 5.94. The molecule has 0 radical (unpaired) electrons. The number of likely N-dealkylation sites (tertiary alicyclic amines) is 1. The first-order valence-corrected chi connectivity index (χ1v) is 10.8. The normalized spacial score (nSPS) is 15.4. The van der Waals surface area contributed by atoms with Crippen LogP contribution in [-0.4, -0.2) is 40.8 Å². The van der Waals surface area contributed by atoms with E-state index in [2.05, 4.69) is 20.9 Å². The van der Waals surface area contributed by atoms with E-state index in [0.717, 1.165) is 12.1 Å². The Morgan fingerprint density at radius 1 is 0.818 bits per heavy atom. The Labute approximate surface area is 192 Å². The van der Waals surface area contributed by atoms with Gasteiger partial charge >= 0.3 is 6.03 Å². The standard InChI is InChI=1S/C25H25N5O3/c31-23(18-11-13-26-14-12-18)27-21-9-4-10-22(16-21)28-24(32)19-6-5-15-30(17-19)25(33)29-20-7-2-1-3-8-20/h1-4,7-14,16,19H,5-6,15,17H2,(H,27,31)(H,28,32)(H,29,33). The highest BCUT2D eigenvalue weighted by Crippen LogP contribution is 2.22. The molecule has 3 aromatic rings. The molecule has 1 unspecified atom stereocenters. The van der Waals surface area contributed by atoms with Crippen LogP contribution in [0.2, 0.25) is 0 Å². The summed E-state index contributed by atoms with van der Waals surface area (Å²) in [6.45, 7) is 0.960. The summed E-state index contributed by atoms with van der Waals surface area (Å²) >= 11 is 0. The van der Waals surface area contributed by atoms with Crippen LogP contribution in [0.1, 0.15) is 23.2 Å². The predicted molar refractivity (Wildman–Crippen MR) is 127 cm³/mol. The van der Waals surface area contributed by atoms with Crippen molar-refractivity contribution in [3.63, 3.8) is 0 Å². The molecule has 8 heteroatoms. The maximum atomic E-state index is 12.9. The van der Waals surface area contributed by atoms with E-state index in [9.17, 15) is 14.4 Å². The van der Waals surface area contributed by atoms with E-state index in [1.54, 1.807) is 53.7 Å². The third-order valence-corrected chi connectivity index (χ3v) is 5.43. The summed E-state index contributed by atoms with van der Waals surface area (Å²) in [5, 5.41) is 8.60. The molecule has 1 aliphatic rings. The number of hydrogen-bond donors (Lipinski definition) is 3. The Balaban J connectivity index is 1.34. The van der Waals surface area contributed by atoms with Crippen LogP contribution < -0.4 is 16.0 Å². The van der Waals surface area contributed by atoms with Gasteiger partial charge in [-0.2, -0.15) is 0 Å². The summed E-state index contributed by atoms with van der Waals surface area (Å²) in [4.78, 5) is 43.4. The van der Waals surface area contributed by atoms with Crippen molar-refractivity contribution < 1.29 is 14.4 Å². The van der Waals surface area contributed by atoms with Crippen LogP contribution in [0, 0.1) is 5.92 Å². The highest BCUT2D eigenvalue weighted by Gasteiger charge is 2.28. The molecule has 4 amide bonds. The summed E-state index contributed by atoms with van der Waals surface area (Å²) in [5.41, 5.74) is 2.37. The van der Waals surface area contributed by atoms with E-state index in [1.807, 2.05) is 30.3 Å². The van der Waals surface area contributed by atoms with Crippen molar-refractivity contribution in [2.24, 2.45) is 5.92 Å². The van der Waals surface area contributed by atoms with Gasteiger partial charge in [0.2, 0.25) is 5.91 Å². The largest absolute Gasteiger partial charge is 0.326 e. The van der Waals surface area contributed by atoms with E-state index in [1.165, 1.54) is 0 Å². The fourth-order valence-corrected chi connectivity index (χ4v) is 3.73. The van der Waals surface area contributed by atoms with Crippen LogP contribution in [0.25, 0.3) is 0 Å². The summed E-state index contributed by atoms with van der Waals surface area (Å²) in [7, 11) is 0. The number of hydrogen-bond acceptors (Lipinski definition) is 4. The SMILES string of the molecule is O=C(Nc1cccc(NC(=O)C2CCCN(C(=O)Nc3ccccc3)C2)c1)c1ccncc1. The van der Waals surface area contributed by atoms with Gasteiger partial charge in [-0.1, -0.05) is 24.3 Å². The highest BCUT2D eigenvalue weighted by atomic mass is 16.2. The number of carbonyl (C=O) groups is 3. The van der Waals surface area contributed by atoms with Crippen molar-refractivity contribution in [1.82, 2.24) is 9.88 Å². The second kappa shape index (κ2) is 10.4. The van der Waals surface area contributed by atoms with Crippen molar-refractivity contribution in [2.45, 2.75) is 12.8 Å². The molecule has 1 atom stereocenters. The zero-order valence-electron chi connectivity index (χ0n) is 18.0. The van der Waals surface area contributed by atoms with Gasteiger partial charge in [-0.3, -0.25) is 14.6 Å². The van der Waals surface area contributed by atoms with Gasteiger partial charge in [-0.15, -0.1) is 0 Å². The first-order valence-electron chi connectivity index (χ1n) is 10.8. The lowest BCUT2D eigenvalue weighted by molar-refractivity contribution is -0.121. The number of amides is 4. The molecule has 3 N–H and O–H groups in total. The number of rotatable bonds is 5. The summed E-state index contributed by atoms with van der Waals surface area (Å²) in [6.07, 6.45) is 4.57. The highest BCUT2D eigenvalue weighted by molar-refractivity contribution is 6.04. The van der Waals surface area contributed by atoms with Crippen LogP contribution in [0.3, 0.4) is 0 Å². The second-order valence-electron chi connectivity index (χ2n) is 7.84. The summed E-state index contributed by atoms with van der Waals surface area (Å²) in [6, 6.07) is 19.3. The Morgan fingerprint density at radius 3 is 2.27 bits per heavy atom. The number of nitrogens with zero attached hydrogens (tertiary/aromatic N) is 2. The molecule has 1 aromatic heterocycles. The van der Waals surface area contributed by atoms with Gasteiger partial charge in [0.1, 0.15) is 0 Å². The zero-order valence-corrected chi connectivity index (χ0v) is 18.0. The number of nitrogens with one attached hydrogen (secondary N) is 3. The molecular formula is C25H25N5O3. The lowest BCUT2D eigenvalue weighted by Gasteiger charge is -2.32. The first-order chi connectivity index (χ1) is 16.1. The van der Waals surface area contributed by atoms with Gasteiger partial charge in [0.15, 0.2) is 0 Å². The van der Waals surface area contributed by atoms with Crippen molar-refractivity contribution >= 4 is 34.9 Å². The number of pyridine rings is 1. The van der Waals surface area contributed by atoms with Crippen LogP contribution in [0.15, 0.2) is 79.1 Å².